The number of hydrogen-bond acceptors (Lipinski definition) is 6. The molecule has 1 aromatic rings. The number of benzene rings is 1. The number of methoxy groups -OCH3 is 1. The van der Waals surface area contributed by atoms with Gasteiger partial charge in [0, 0.05) is 19.2 Å². The Morgan fingerprint density at radius 1 is 1.44 bits per heavy atom. The van der Waals surface area contributed by atoms with Gasteiger partial charge in [-0.15, -0.1) is 0 Å². The van der Waals surface area contributed by atoms with E-state index in [1.165, 1.54) is 13.2 Å². The van der Waals surface area contributed by atoms with Crippen LogP contribution in [0.25, 0.3) is 0 Å². The fraction of sp³-hybridized carbons (Fsp3) is 0.562. The van der Waals surface area contributed by atoms with Crippen molar-refractivity contribution in [1.82, 2.24) is 5.32 Å². The zero-order chi connectivity index (χ0) is 18.8. The first kappa shape index (κ1) is 18.8. The van der Waals surface area contributed by atoms with E-state index >= 15 is 0 Å². The monoisotopic (exact) mass is 355 g/mol. The fourth-order valence-electron chi connectivity index (χ4n) is 2.66. The number of ether oxygens (including phenoxy) is 2. The van der Waals surface area contributed by atoms with Crippen molar-refractivity contribution in [3.63, 3.8) is 0 Å². The van der Waals surface area contributed by atoms with Crippen molar-refractivity contribution in [3.05, 3.63) is 28.1 Å². The lowest BCUT2D eigenvalue weighted by Crippen LogP contribution is -2.40. The average Bonchev–Trinajstić information content (AvgIpc) is 2.92. The lowest BCUT2D eigenvalue weighted by atomic mass is 10.2. The summed E-state index contributed by atoms with van der Waals surface area (Å²) in [6, 6.07) is 1.94. The molecule has 1 N–H and O–H groups in total. The summed E-state index contributed by atoms with van der Waals surface area (Å²) in [6.07, 6.45) is 0.0568. The van der Waals surface area contributed by atoms with Crippen molar-refractivity contribution in [2.24, 2.45) is 0 Å². The van der Waals surface area contributed by atoms with Gasteiger partial charge in [0.25, 0.3) is 5.69 Å². The Bertz CT molecular complexity index is 674. The number of rotatable bonds is 4. The van der Waals surface area contributed by atoms with Crippen molar-refractivity contribution in [1.29, 1.82) is 0 Å². The Hall–Kier alpha value is -2.58. The van der Waals surface area contributed by atoms with Crippen molar-refractivity contribution >= 4 is 17.5 Å². The van der Waals surface area contributed by atoms with Gasteiger partial charge in [-0.2, -0.15) is 0 Å². The minimum Gasteiger partial charge on any atom is -0.494 e. The van der Waals surface area contributed by atoms with Crippen LogP contribution in [-0.2, 0) is 4.74 Å². The van der Waals surface area contributed by atoms with Gasteiger partial charge in [0.2, 0.25) is 0 Å². The lowest BCUT2D eigenvalue weighted by Gasteiger charge is -2.22. The molecular weight excluding hydrogens is 333 g/mol. The molecule has 1 aromatic carbocycles. The molecule has 1 saturated heterocycles. The van der Waals surface area contributed by atoms with Crippen molar-refractivity contribution < 1.29 is 23.6 Å². The summed E-state index contributed by atoms with van der Waals surface area (Å²) in [5.41, 5.74) is -0.682. The molecule has 1 aliphatic heterocycles. The molecule has 138 valence electrons. The second kappa shape index (κ2) is 7.12. The third-order valence-corrected chi connectivity index (χ3v) is 3.70. The van der Waals surface area contributed by atoms with Gasteiger partial charge in [0.05, 0.1) is 24.1 Å². The molecule has 9 heteroatoms. The molecule has 1 fully saturated rings. The van der Waals surface area contributed by atoms with Crippen molar-refractivity contribution in [3.8, 4) is 5.75 Å². The van der Waals surface area contributed by atoms with Gasteiger partial charge in [-0.25, -0.2) is 9.18 Å². The second-order valence-electron chi connectivity index (χ2n) is 6.81. The number of hydrogen-bond donors (Lipinski definition) is 1. The van der Waals surface area contributed by atoms with Crippen LogP contribution in [0.1, 0.15) is 27.2 Å². The number of nitro benzene ring substituents is 1. The Morgan fingerprint density at radius 2 is 2.12 bits per heavy atom. The SMILES string of the molecule is COc1cc(N2CC[C@@H](NC(=O)OC(C)(C)C)C2)c([N+](=O)[O-])cc1F. The van der Waals surface area contributed by atoms with Crippen LogP contribution >= 0.6 is 0 Å². The van der Waals surface area contributed by atoms with Gasteiger partial charge in [-0.05, 0) is 27.2 Å². The first-order valence-electron chi connectivity index (χ1n) is 7.87. The highest BCUT2D eigenvalue weighted by atomic mass is 19.1. The minimum atomic E-state index is -0.791. The number of nitrogens with one attached hydrogen (secondary N) is 1. The largest absolute Gasteiger partial charge is 0.494 e. The maximum Gasteiger partial charge on any atom is 0.407 e. The summed E-state index contributed by atoms with van der Waals surface area (Å²) in [5, 5.41) is 14.0. The van der Waals surface area contributed by atoms with Gasteiger partial charge in [-0.1, -0.05) is 0 Å². The molecule has 0 saturated carbocycles. The van der Waals surface area contributed by atoms with Gasteiger partial charge >= 0.3 is 6.09 Å². The van der Waals surface area contributed by atoms with Crippen LogP contribution in [0.2, 0.25) is 0 Å². The van der Waals surface area contributed by atoms with Crippen molar-refractivity contribution in [2.45, 2.75) is 38.8 Å². The first-order chi connectivity index (χ1) is 11.6. The Kier molecular flexibility index (Phi) is 5.34. The zero-order valence-electron chi connectivity index (χ0n) is 14.7. The number of halogens is 1. The van der Waals surface area contributed by atoms with E-state index < -0.39 is 22.4 Å². The maximum atomic E-state index is 13.8. The molecule has 2 rings (SSSR count). The predicted molar refractivity (Wildman–Crippen MR) is 89.6 cm³/mol. The molecule has 0 bridgehead atoms. The summed E-state index contributed by atoms with van der Waals surface area (Å²) in [6.45, 7) is 6.13. The molecule has 1 heterocycles. The van der Waals surface area contributed by atoms with Crippen LogP contribution in [0.15, 0.2) is 12.1 Å². The van der Waals surface area contributed by atoms with E-state index in [0.717, 1.165) is 6.07 Å². The van der Waals surface area contributed by atoms with E-state index in [1.807, 2.05) is 0 Å². The molecule has 0 spiro atoms. The number of carbonyl (C=O) groups is 1. The minimum absolute atomic E-state index is 0.0656. The Morgan fingerprint density at radius 3 is 2.68 bits per heavy atom. The summed E-state index contributed by atoms with van der Waals surface area (Å²) in [7, 11) is 1.30. The highest BCUT2D eigenvalue weighted by molar-refractivity contribution is 5.70. The van der Waals surface area contributed by atoms with Crippen LogP contribution in [0.3, 0.4) is 0 Å². The molecule has 1 aliphatic rings. The number of nitrogens with zero attached hydrogens (tertiary/aromatic N) is 2. The zero-order valence-corrected chi connectivity index (χ0v) is 14.7. The Labute approximate surface area is 145 Å². The van der Waals surface area contributed by atoms with Crippen LogP contribution in [-0.4, -0.2) is 42.9 Å². The Balaban J connectivity index is 2.13. The second-order valence-corrected chi connectivity index (χ2v) is 6.81. The van der Waals surface area contributed by atoms with E-state index in [4.69, 9.17) is 9.47 Å². The number of anilines is 1. The molecule has 0 radical (unpaired) electrons. The van der Waals surface area contributed by atoms with Crippen LogP contribution < -0.4 is 15.0 Å². The molecule has 0 unspecified atom stereocenters. The third kappa shape index (κ3) is 4.71. The smallest absolute Gasteiger partial charge is 0.407 e. The summed E-state index contributed by atoms with van der Waals surface area (Å²) >= 11 is 0. The summed E-state index contributed by atoms with van der Waals surface area (Å²) in [5.74, 6) is -0.857. The van der Waals surface area contributed by atoms with Crippen LogP contribution in [0.5, 0.6) is 5.75 Å². The van der Waals surface area contributed by atoms with Gasteiger partial charge < -0.3 is 19.7 Å². The molecular formula is C16H22FN3O5. The molecule has 8 nitrogen and oxygen atoms in total. The maximum absolute atomic E-state index is 13.8. The average molecular weight is 355 g/mol. The highest BCUT2D eigenvalue weighted by Crippen LogP contribution is 2.36. The third-order valence-electron chi connectivity index (χ3n) is 3.70. The fourth-order valence-corrected chi connectivity index (χ4v) is 2.66. The van der Waals surface area contributed by atoms with Crippen molar-refractivity contribution in [2.75, 3.05) is 25.1 Å². The number of nitro groups is 1. The van der Waals surface area contributed by atoms with E-state index in [2.05, 4.69) is 5.32 Å². The van der Waals surface area contributed by atoms with E-state index in [-0.39, 0.29) is 23.2 Å². The molecule has 0 aromatic heterocycles. The number of amides is 1. The standard InChI is InChI=1S/C16H22FN3O5/c1-16(2,3)25-15(21)18-10-5-6-19(9-10)12-8-14(24-4)11(17)7-13(12)20(22)23/h7-8,10H,5-6,9H2,1-4H3,(H,18,21)/t10-/m1/s1. The topological polar surface area (TPSA) is 93.9 Å². The van der Waals surface area contributed by atoms with Crippen LogP contribution in [0.4, 0.5) is 20.6 Å². The summed E-state index contributed by atoms with van der Waals surface area (Å²) < 4.78 is 23.9. The van der Waals surface area contributed by atoms with E-state index in [9.17, 15) is 19.3 Å². The van der Waals surface area contributed by atoms with Gasteiger partial charge in [-0.3, -0.25) is 10.1 Å². The molecule has 25 heavy (non-hydrogen) atoms. The molecule has 1 amide bonds. The van der Waals surface area contributed by atoms with E-state index in [1.54, 1.807) is 25.7 Å². The molecule has 1 atom stereocenters. The van der Waals surface area contributed by atoms with E-state index in [0.29, 0.717) is 19.5 Å². The quantitative estimate of drug-likeness (QED) is 0.659. The molecule has 0 aliphatic carbocycles. The highest BCUT2D eigenvalue weighted by Gasteiger charge is 2.31. The number of alkyl carbamates (subject to hydrolysis) is 1. The van der Waals surface area contributed by atoms with Gasteiger partial charge in [0.15, 0.2) is 11.6 Å². The predicted octanol–water partition coefficient (Wildman–Crippen LogP) is 2.85. The first-order valence-corrected chi connectivity index (χ1v) is 7.87. The number of carbonyl (C=O) groups excluding carboxylic acids is 1. The summed E-state index contributed by atoms with van der Waals surface area (Å²) in [4.78, 5) is 24.2. The van der Waals surface area contributed by atoms with Crippen LogP contribution in [0, 0.1) is 15.9 Å². The lowest BCUT2D eigenvalue weighted by molar-refractivity contribution is -0.384. The van der Waals surface area contributed by atoms with Gasteiger partial charge in [0.1, 0.15) is 11.3 Å². The normalized spacial score (nSPS) is 17.3.